The number of piperazine rings is 1. The lowest BCUT2D eigenvalue weighted by atomic mass is 9.96. The summed E-state index contributed by atoms with van der Waals surface area (Å²) >= 11 is 0. The molecule has 1 aromatic heterocycles. The minimum absolute atomic E-state index is 0.0920. The summed E-state index contributed by atoms with van der Waals surface area (Å²) < 4.78 is 5.49. The van der Waals surface area contributed by atoms with Crippen molar-refractivity contribution in [2.45, 2.75) is 77.7 Å². The Morgan fingerprint density at radius 3 is 2.42 bits per heavy atom. The Morgan fingerprint density at radius 2 is 1.85 bits per heavy atom. The molecule has 2 heterocycles. The van der Waals surface area contributed by atoms with Crippen molar-refractivity contribution in [2.24, 2.45) is 5.92 Å². The second-order valence-corrected chi connectivity index (χ2v) is 8.99. The van der Waals surface area contributed by atoms with E-state index >= 15 is 0 Å². The maximum Gasteiger partial charge on any atom is 0.243 e. The van der Waals surface area contributed by atoms with Crippen LogP contribution in [0.3, 0.4) is 0 Å². The quantitative estimate of drug-likeness (QED) is 0.802. The Hall–Kier alpha value is -1.43. The number of rotatable bonds is 5. The molecule has 3 rings (SSSR count). The van der Waals surface area contributed by atoms with Gasteiger partial charge in [-0.05, 0) is 19.3 Å². The minimum Gasteiger partial charge on any atom is -0.340 e. The Bertz CT molecular complexity index is 593. The molecule has 1 atom stereocenters. The predicted octanol–water partition coefficient (Wildman–Crippen LogP) is 3.54. The average Bonchev–Trinajstić information content (AvgIpc) is 3.30. The fourth-order valence-electron chi connectivity index (χ4n) is 4.01. The zero-order valence-electron chi connectivity index (χ0n) is 16.8. The molecule has 6 heteroatoms. The Morgan fingerprint density at radius 1 is 1.19 bits per heavy atom. The third kappa shape index (κ3) is 4.64. The summed E-state index contributed by atoms with van der Waals surface area (Å²) in [7, 11) is 0. The molecule has 6 nitrogen and oxygen atoms in total. The fraction of sp³-hybridized carbons (Fsp3) is 0.850. The lowest BCUT2D eigenvalue weighted by Gasteiger charge is -2.37. The van der Waals surface area contributed by atoms with Crippen LogP contribution in [0.25, 0.3) is 0 Å². The molecule has 0 aromatic carbocycles. The average molecular weight is 363 g/mol. The highest BCUT2D eigenvalue weighted by atomic mass is 16.5. The molecule has 1 unspecified atom stereocenters. The van der Waals surface area contributed by atoms with Gasteiger partial charge in [-0.1, -0.05) is 51.6 Å². The molecule has 1 aliphatic carbocycles. The van der Waals surface area contributed by atoms with E-state index in [0.717, 1.165) is 50.8 Å². The number of carbonyl (C=O) groups excluding carboxylic acids is 1. The van der Waals surface area contributed by atoms with Crippen LogP contribution in [0.2, 0.25) is 0 Å². The first-order valence-corrected chi connectivity index (χ1v) is 10.2. The zero-order chi connectivity index (χ0) is 18.7. The molecule has 26 heavy (non-hydrogen) atoms. The molecule has 0 spiro atoms. The summed E-state index contributed by atoms with van der Waals surface area (Å²) in [5.41, 5.74) is -0.105. The maximum absolute atomic E-state index is 12.5. The van der Waals surface area contributed by atoms with Crippen LogP contribution in [0.1, 0.15) is 84.0 Å². The number of hydrogen-bond donors (Lipinski definition) is 0. The van der Waals surface area contributed by atoms with Gasteiger partial charge in [-0.25, -0.2) is 0 Å². The van der Waals surface area contributed by atoms with Gasteiger partial charge in [-0.15, -0.1) is 0 Å². The van der Waals surface area contributed by atoms with Gasteiger partial charge in [0, 0.05) is 38.0 Å². The summed E-state index contributed by atoms with van der Waals surface area (Å²) in [6.07, 6.45) is 7.13. The van der Waals surface area contributed by atoms with Crippen molar-refractivity contribution in [1.82, 2.24) is 19.9 Å². The van der Waals surface area contributed by atoms with Crippen LogP contribution in [0.4, 0.5) is 0 Å². The van der Waals surface area contributed by atoms with Crippen molar-refractivity contribution < 1.29 is 9.32 Å². The van der Waals surface area contributed by atoms with Gasteiger partial charge >= 0.3 is 0 Å². The standard InChI is InChI=1S/C20H34N4O2/c1-15(18-21-19(22-26-18)20(2,3)4)23-11-13-24(14-12-23)17(25)10-9-16-7-5-6-8-16/h15-16H,5-14H2,1-4H3. The minimum atomic E-state index is -0.105. The molecular weight excluding hydrogens is 328 g/mol. The highest BCUT2D eigenvalue weighted by Crippen LogP contribution is 2.29. The Kier molecular flexibility index (Phi) is 6.00. The van der Waals surface area contributed by atoms with Crippen LogP contribution < -0.4 is 0 Å². The van der Waals surface area contributed by atoms with Crippen LogP contribution in [0.15, 0.2) is 4.52 Å². The Labute approximate surface area is 157 Å². The molecule has 0 radical (unpaired) electrons. The highest BCUT2D eigenvalue weighted by molar-refractivity contribution is 5.76. The van der Waals surface area contributed by atoms with Crippen molar-refractivity contribution in [3.05, 3.63) is 11.7 Å². The molecule has 1 saturated carbocycles. The molecule has 1 saturated heterocycles. The lowest BCUT2D eigenvalue weighted by molar-refractivity contribution is -0.133. The van der Waals surface area contributed by atoms with Crippen LogP contribution in [-0.4, -0.2) is 52.0 Å². The monoisotopic (exact) mass is 362 g/mol. The molecule has 1 aromatic rings. The summed E-state index contributed by atoms with van der Waals surface area (Å²) in [4.78, 5) is 21.4. The molecule has 1 amide bonds. The van der Waals surface area contributed by atoms with E-state index in [2.05, 4.69) is 42.7 Å². The van der Waals surface area contributed by atoms with Crippen molar-refractivity contribution in [3.8, 4) is 0 Å². The number of nitrogens with zero attached hydrogens (tertiary/aromatic N) is 4. The summed E-state index contributed by atoms with van der Waals surface area (Å²) in [6, 6.07) is 0.0920. The normalized spacial score (nSPS) is 21.3. The SMILES string of the molecule is CC(c1nc(C(C)(C)C)no1)N1CCN(C(=O)CCC2CCCC2)CC1. The molecular formula is C20H34N4O2. The first-order valence-electron chi connectivity index (χ1n) is 10.2. The van der Waals surface area contributed by atoms with Crippen LogP contribution in [0, 0.1) is 5.92 Å². The lowest BCUT2D eigenvalue weighted by Crippen LogP contribution is -2.49. The van der Waals surface area contributed by atoms with Crippen LogP contribution in [-0.2, 0) is 10.2 Å². The van der Waals surface area contributed by atoms with Crippen molar-refractivity contribution in [3.63, 3.8) is 0 Å². The van der Waals surface area contributed by atoms with Gasteiger partial charge < -0.3 is 9.42 Å². The van der Waals surface area contributed by atoms with Crippen molar-refractivity contribution in [1.29, 1.82) is 0 Å². The molecule has 2 aliphatic rings. The molecule has 0 N–H and O–H groups in total. The second kappa shape index (κ2) is 8.07. The fourth-order valence-corrected chi connectivity index (χ4v) is 4.01. The third-order valence-corrected chi connectivity index (χ3v) is 5.93. The van der Waals surface area contributed by atoms with Crippen LogP contribution in [0.5, 0.6) is 0 Å². The van der Waals surface area contributed by atoms with E-state index in [0.29, 0.717) is 11.8 Å². The van der Waals surface area contributed by atoms with E-state index in [-0.39, 0.29) is 11.5 Å². The molecule has 0 bridgehead atoms. The summed E-state index contributed by atoms with van der Waals surface area (Å²) in [6.45, 7) is 11.7. The van der Waals surface area contributed by atoms with E-state index in [1.165, 1.54) is 25.7 Å². The van der Waals surface area contributed by atoms with E-state index in [1.54, 1.807) is 0 Å². The van der Waals surface area contributed by atoms with Gasteiger partial charge in [0.1, 0.15) is 0 Å². The van der Waals surface area contributed by atoms with Gasteiger partial charge in [-0.2, -0.15) is 4.98 Å². The number of aromatic nitrogens is 2. The van der Waals surface area contributed by atoms with E-state index in [4.69, 9.17) is 4.52 Å². The Balaban J connectivity index is 1.46. The van der Waals surface area contributed by atoms with E-state index in [1.807, 2.05) is 4.90 Å². The van der Waals surface area contributed by atoms with Gasteiger partial charge in [-0.3, -0.25) is 9.69 Å². The summed E-state index contributed by atoms with van der Waals surface area (Å²) in [5, 5.41) is 4.13. The molecule has 2 fully saturated rings. The van der Waals surface area contributed by atoms with Crippen molar-refractivity contribution >= 4 is 5.91 Å². The molecule has 1 aliphatic heterocycles. The van der Waals surface area contributed by atoms with Crippen LogP contribution >= 0.6 is 0 Å². The largest absolute Gasteiger partial charge is 0.340 e. The van der Waals surface area contributed by atoms with Gasteiger partial charge in [0.25, 0.3) is 0 Å². The zero-order valence-corrected chi connectivity index (χ0v) is 16.8. The highest BCUT2D eigenvalue weighted by Gasteiger charge is 2.29. The number of hydrogen-bond acceptors (Lipinski definition) is 5. The topological polar surface area (TPSA) is 62.5 Å². The van der Waals surface area contributed by atoms with E-state index in [9.17, 15) is 4.79 Å². The predicted molar refractivity (Wildman–Crippen MR) is 101 cm³/mol. The van der Waals surface area contributed by atoms with Gasteiger partial charge in [0.05, 0.1) is 6.04 Å². The molecule has 146 valence electrons. The first kappa shape index (κ1) is 19.3. The third-order valence-electron chi connectivity index (χ3n) is 5.93. The number of amides is 1. The number of carbonyl (C=O) groups is 1. The second-order valence-electron chi connectivity index (χ2n) is 8.99. The van der Waals surface area contributed by atoms with Crippen molar-refractivity contribution in [2.75, 3.05) is 26.2 Å². The first-order chi connectivity index (χ1) is 12.3. The van der Waals surface area contributed by atoms with Gasteiger partial charge in [0.15, 0.2) is 5.82 Å². The smallest absolute Gasteiger partial charge is 0.243 e. The summed E-state index contributed by atoms with van der Waals surface area (Å²) in [5.74, 6) is 2.54. The van der Waals surface area contributed by atoms with E-state index < -0.39 is 0 Å². The maximum atomic E-state index is 12.5. The van der Waals surface area contributed by atoms with Gasteiger partial charge in [0.2, 0.25) is 11.8 Å².